The molecule has 0 aliphatic carbocycles. The summed E-state index contributed by atoms with van der Waals surface area (Å²) in [6, 6.07) is 9.63. The van der Waals surface area contributed by atoms with Gasteiger partial charge in [-0.3, -0.25) is 14.8 Å². The molecular formula is C21H19N5O2S. The zero-order valence-corrected chi connectivity index (χ0v) is 16.8. The summed E-state index contributed by atoms with van der Waals surface area (Å²) in [5, 5.41) is 2.71. The van der Waals surface area contributed by atoms with E-state index in [4.69, 9.17) is 15.5 Å². The number of amides is 1. The Hall–Kier alpha value is -3.52. The minimum Gasteiger partial charge on any atom is -0.497 e. The molecule has 2 N–H and O–H groups in total. The highest BCUT2D eigenvalue weighted by Crippen LogP contribution is 2.31. The maximum Gasteiger partial charge on any atom is 0.250 e. The van der Waals surface area contributed by atoms with Gasteiger partial charge < -0.3 is 15.0 Å². The molecular weight excluding hydrogens is 386 g/mol. The molecule has 1 aromatic carbocycles. The molecule has 0 aliphatic rings. The topological polar surface area (TPSA) is 95.9 Å². The fourth-order valence-corrected chi connectivity index (χ4v) is 3.96. The third-order valence-corrected chi connectivity index (χ3v) is 5.52. The van der Waals surface area contributed by atoms with Crippen molar-refractivity contribution in [3.8, 4) is 27.8 Å². The molecule has 3 heterocycles. The lowest BCUT2D eigenvalue weighted by atomic mass is 10.2. The standard InChI is InChI=1S/C21H19N5O2S/c1-13-16(20(22)27)9-19(26(13)11-14-4-3-5-15(8-14)28-2)18-12-29-21(25-18)17-10-23-6-7-24-17/h3-10,12H,11H2,1-2H3,(H2,22,27). The van der Waals surface area contributed by atoms with Crippen molar-refractivity contribution in [3.05, 3.63) is 71.1 Å². The number of nitrogens with two attached hydrogens (primary N) is 1. The van der Waals surface area contributed by atoms with Gasteiger partial charge in [0.1, 0.15) is 16.5 Å². The van der Waals surface area contributed by atoms with Gasteiger partial charge in [0.05, 0.1) is 30.3 Å². The number of rotatable bonds is 6. The fraction of sp³-hybridized carbons (Fsp3) is 0.143. The second-order valence-electron chi connectivity index (χ2n) is 6.46. The van der Waals surface area contributed by atoms with Crippen molar-refractivity contribution < 1.29 is 9.53 Å². The van der Waals surface area contributed by atoms with Crippen LogP contribution < -0.4 is 10.5 Å². The van der Waals surface area contributed by atoms with Crippen LogP contribution in [0.5, 0.6) is 5.75 Å². The molecule has 0 bridgehead atoms. The smallest absolute Gasteiger partial charge is 0.250 e. The van der Waals surface area contributed by atoms with E-state index >= 15 is 0 Å². The summed E-state index contributed by atoms with van der Waals surface area (Å²) in [6.07, 6.45) is 4.94. The van der Waals surface area contributed by atoms with E-state index < -0.39 is 5.91 Å². The molecule has 3 aromatic heterocycles. The van der Waals surface area contributed by atoms with Crippen LogP contribution in [0.2, 0.25) is 0 Å². The highest BCUT2D eigenvalue weighted by molar-refractivity contribution is 7.13. The van der Waals surface area contributed by atoms with Crippen LogP contribution in [-0.4, -0.2) is 32.5 Å². The number of hydrogen-bond donors (Lipinski definition) is 1. The van der Waals surface area contributed by atoms with Crippen LogP contribution in [0, 0.1) is 6.92 Å². The number of nitrogens with zero attached hydrogens (tertiary/aromatic N) is 4. The first kappa shape index (κ1) is 18.8. The van der Waals surface area contributed by atoms with Crippen molar-refractivity contribution in [2.75, 3.05) is 7.11 Å². The summed E-state index contributed by atoms with van der Waals surface area (Å²) in [5.74, 6) is 0.320. The lowest BCUT2D eigenvalue weighted by molar-refractivity contribution is 0.0999. The number of primary amides is 1. The van der Waals surface area contributed by atoms with Crippen LogP contribution >= 0.6 is 11.3 Å². The number of benzene rings is 1. The summed E-state index contributed by atoms with van der Waals surface area (Å²) < 4.78 is 7.37. The molecule has 8 heteroatoms. The van der Waals surface area contributed by atoms with Crippen molar-refractivity contribution >= 4 is 17.2 Å². The summed E-state index contributed by atoms with van der Waals surface area (Å²) in [6.45, 7) is 2.45. The molecule has 0 fully saturated rings. The quantitative estimate of drug-likeness (QED) is 0.529. The van der Waals surface area contributed by atoms with E-state index in [2.05, 4.69) is 9.97 Å². The predicted octanol–water partition coefficient (Wildman–Crippen LogP) is 3.53. The van der Waals surface area contributed by atoms with E-state index in [0.717, 1.165) is 33.4 Å². The van der Waals surface area contributed by atoms with E-state index in [1.807, 2.05) is 41.1 Å². The Morgan fingerprint density at radius 1 is 1.24 bits per heavy atom. The molecule has 0 atom stereocenters. The van der Waals surface area contributed by atoms with Crippen molar-refractivity contribution in [2.45, 2.75) is 13.5 Å². The average molecular weight is 405 g/mol. The first-order valence-electron chi connectivity index (χ1n) is 8.92. The third-order valence-electron chi connectivity index (χ3n) is 4.66. The summed E-state index contributed by atoms with van der Waals surface area (Å²) in [5.41, 5.74) is 10.2. The predicted molar refractivity (Wildman–Crippen MR) is 112 cm³/mol. The minimum absolute atomic E-state index is 0.461. The lowest BCUT2D eigenvalue weighted by Gasteiger charge is -2.12. The number of carbonyl (C=O) groups is 1. The Bertz CT molecular complexity index is 1170. The Morgan fingerprint density at radius 2 is 2.10 bits per heavy atom. The van der Waals surface area contributed by atoms with E-state index in [0.29, 0.717) is 17.8 Å². The molecule has 29 heavy (non-hydrogen) atoms. The second kappa shape index (κ2) is 7.84. The van der Waals surface area contributed by atoms with Crippen molar-refractivity contribution in [1.29, 1.82) is 0 Å². The number of methoxy groups -OCH3 is 1. The molecule has 0 saturated heterocycles. The van der Waals surface area contributed by atoms with Gasteiger partial charge in [0.25, 0.3) is 5.91 Å². The van der Waals surface area contributed by atoms with E-state index in [-0.39, 0.29) is 0 Å². The molecule has 0 aliphatic heterocycles. The van der Waals surface area contributed by atoms with Crippen molar-refractivity contribution in [1.82, 2.24) is 19.5 Å². The third kappa shape index (κ3) is 3.74. The van der Waals surface area contributed by atoms with Gasteiger partial charge in [-0.1, -0.05) is 12.1 Å². The van der Waals surface area contributed by atoms with Gasteiger partial charge in [-0.05, 0) is 30.7 Å². The summed E-state index contributed by atoms with van der Waals surface area (Å²) in [4.78, 5) is 25.1. The molecule has 4 rings (SSSR count). The fourth-order valence-electron chi connectivity index (χ4n) is 3.18. The van der Waals surface area contributed by atoms with E-state index in [1.165, 1.54) is 11.3 Å². The molecule has 0 saturated carbocycles. The van der Waals surface area contributed by atoms with Gasteiger partial charge in [-0.25, -0.2) is 4.98 Å². The number of aromatic nitrogens is 4. The summed E-state index contributed by atoms with van der Waals surface area (Å²) >= 11 is 1.48. The van der Waals surface area contributed by atoms with Gasteiger partial charge in [0.15, 0.2) is 0 Å². The highest BCUT2D eigenvalue weighted by atomic mass is 32.1. The van der Waals surface area contributed by atoms with Crippen LogP contribution in [0.25, 0.3) is 22.1 Å². The minimum atomic E-state index is -0.461. The highest BCUT2D eigenvalue weighted by Gasteiger charge is 2.19. The molecule has 1 amide bonds. The average Bonchev–Trinajstić information content (AvgIpc) is 3.34. The number of ether oxygens (including phenoxy) is 1. The second-order valence-corrected chi connectivity index (χ2v) is 7.32. The first-order valence-corrected chi connectivity index (χ1v) is 9.80. The number of carbonyl (C=O) groups excluding carboxylic acids is 1. The Morgan fingerprint density at radius 3 is 2.83 bits per heavy atom. The molecule has 0 radical (unpaired) electrons. The summed E-state index contributed by atoms with van der Waals surface area (Å²) in [7, 11) is 1.64. The van der Waals surface area contributed by atoms with Crippen LogP contribution in [0.15, 0.2) is 54.3 Å². The van der Waals surface area contributed by atoms with Gasteiger partial charge in [-0.15, -0.1) is 11.3 Å². The largest absolute Gasteiger partial charge is 0.497 e. The molecule has 146 valence electrons. The van der Waals surface area contributed by atoms with Crippen molar-refractivity contribution in [3.63, 3.8) is 0 Å². The van der Waals surface area contributed by atoms with Gasteiger partial charge in [0, 0.05) is 30.0 Å². The number of hydrogen-bond acceptors (Lipinski definition) is 6. The van der Waals surface area contributed by atoms with Gasteiger partial charge >= 0.3 is 0 Å². The molecule has 7 nitrogen and oxygen atoms in total. The monoisotopic (exact) mass is 405 g/mol. The van der Waals surface area contributed by atoms with Gasteiger partial charge in [0.2, 0.25) is 0 Å². The Balaban J connectivity index is 1.78. The first-order chi connectivity index (χ1) is 14.1. The number of thiazole rings is 1. The van der Waals surface area contributed by atoms with Crippen LogP contribution in [-0.2, 0) is 6.54 Å². The van der Waals surface area contributed by atoms with E-state index in [1.54, 1.807) is 31.8 Å². The Labute approximate surface area is 171 Å². The van der Waals surface area contributed by atoms with Crippen LogP contribution in [0.4, 0.5) is 0 Å². The zero-order chi connectivity index (χ0) is 20.4. The normalized spacial score (nSPS) is 10.8. The van der Waals surface area contributed by atoms with Crippen LogP contribution in [0.1, 0.15) is 21.6 Å². The van der Waals surface area contributed by atoms with E-state index in [9.17, 15) is 4.79 Å². The molecule has 0 unspecified atom stereocenters. The van der Waals surface area contributed by atoms with Crippen molar-refractivity contribution in [2.24, 2.45) is 5.73 Å². The molecule has 0 spiro atoms. The maximum atomic E-state index is 12.0. The molecule has 4 aromatic rings. The SMILES string of the molecule is COc1cccc(Cn2c(-c3csc(-c4cnccn4)n3)cc(C(N)=O)c2C)c1. The Kier molecular flexibility index (Phi) is 5.09. The zero-order valence-electron chi connectivity index (χ0n) is 16.0. The lowest BCUT2D eigenvalue weighted by Crippen LogP contribution is -2.12. The maximum absolute atomic E-state index is 12.0. The van der Waals surface area contributed by atoms with Crippen LogP contribution in [0.3, 0.4) is 0 Å². The van der Waals surface area contributed by atoms with Gasteiger partial charge in [-0.2, -0.15) is 0 Å².